The molecule has 0 atom stereocenters. The summed E-state index contributed by atoms with van der Waals surface area (Å²) in [6.45, 7) is 0. The molecular weight excluding hydrogens is 349 g/mol. The molecule has 0 fully saturated rings. The van der Waals surface area contributed by atoms with Crippen LogP contribution in [0.25, 0.3) is 22.4 Å². The van der Waals surface area contributed by atoms with Gasteiger partial charge in [0.2, 0.25) is 4.96 Å². The molecule has 4 nitrogen and oxygen atoms in total. The molecular formula is C17H9ClFN3OS. The first kappa shape index (κ1) is 15.0. The fraction of sp³-hybridized carbons (Fsp3) is 0. The highest BCUT2D eigenvalue weighted by atomic mass is 35.5. The van der Waals surface area contributed by atoms with Crippen LogP contribution in [-0.4, -0.2) is 14.6 Å². The number of halogens is 2. The fourth-order valence-corrected chi connectivity index (χ4v) is 3.38. The maximum absolute atomic E-state index is 13.0. The van der Waals surface area contributed by atoms with E-state index in [-0.39, 0.29) is 11.4 Å². The van der Waals surface area contributed by atoms with Crippen LogP contribution in [0.15, 0.2) is 53.3 Å². The molecule has 0 unspecified atom stereocenters. The Labute approximate surface area is 144 Å². The minimum Gasteiger partial charge on any atom is -0.266 e. The van der Waals surface area contributed by atoms with E-state index in [2.05, 4.69) is 10.1 Å². The van der Waals surface area contributed by atoms with Gasteiger partial charge >= 0.3 is 0 Å². The Bertz CT molecular complexity index is 1150. The fourth-order valence-electron chi connectivity index (χ4n) is 2.29. The number of thiazole rings is 1. The zero-order chi connectivity index (χ0) is 16.7. The molecule has 0 saturated carbocycles. The highest BCUT2D eigenvalue weighted by Crippen LogP contribution is 2.18. The topological polar surface area (TPSA) is 47.3 Å². The Kier molecular flexibility index (Phi) is 3.63. The summed E-state index contributed by atoms with van der Waals surface area (Å²) in [5.41, 5.74) is 1.17. The minimum atomic E-state index is -0.332. The third kappa shape index (κ3) is 2.60. The summed E-state index contributed by atoms with van der Waals surface area (Å²) >= 11 is 7.35. The van der Waals surface area contributed by atoms with Gasteiger partial charge in [-0.1, -0.05) is 41.1 Å². The van der Waals surface area contributed by atoms with Crippen LogP contribution < -0.4 is 10.1 Å². The molecule has 0 spiro atoms. The Balaban J connectivity index is 1.83. The van der Waals surface area contributed by atoms with Gasteiger partial charge in [-0.3, -0.25) is 4.79 Å². The number of fused-ring (bicyclic) bond motifs is 1. The van der Waals surface area contributed by atoms with Crippen LogP contribution in [0.5, 0.6) is 0 Å². The Hall–Kier alpha value is -2.57. The zero-order valence-electron chi connectivity index (χ0n) is 12.1. The number of hydrogen-bond acceptors (Lipinski definition) is 4. The summed E-state index contributed by atoms with van der Waals surface area (Å²) in [6, 6.07) is 13.1. The third-order valence-electron chi connectivity index (χ3n) is 3.48. The number of rotatable bonds is 2. The first-order valence-corrected chi connectivity index (χ1v) is 8.23. The Morgan fingerprint density at radius 2 is 1.88 bits per heavy atom. The normalized spacial score (nSPS) is 12.2. The average molecular weight is 358 g/mol. The van der Waals surface area contributed by atoms with E-state index >= 15 is 0 Å². The first-order valence-electron chi connectivity index (χ1n) is 7.03. The van der Waals surface area contributed by atoms with Gasteiger partial charge in [0, 0.05) is 10.6 Å². The van der Waals surface area contributed by atoms with E-state index in [1.807, 2.05) is 18.2 Å². The van der Waals surface area contributed by atoms with Crippen molar-refractivity contribution in [1.29, 1.82) is 0 Å². The summed E-state index contributed by atoms with van der Waals surface area (Å²) in [4.78, 5) is 17.3. The van der Waals surface area contributed by atoms with Crippen molar-refractivity contribution in [2.75, 3.05) is 0 Å². The van der Waals surface area contributed by atoms with E-state index in [0.29, 0.717) is 25.9 Å². The quantitative estimate of drug-likeness (QED) is 0.553. The standard InChI is InChI=1S/C17H9ClFN3OS/c18-13-4-2-1-3-11(13)9-14-16(23)22-17(24-14)20-15(21-22)10-5-7-12(19)8-6-10/h1-9H. The molecule has 0 bridgehead atoms. The molecule has 0 aliphatic rings. The van der Waals surface area contributed by atoms with Crippen LogP contribution >= 0.6 is 22.9 Å². The number of benzene rings is 2. The molecule has 0 N–H and O–H groups in total. The van der Waals surface area contributed by atoms with Crippen LogP contribution in [0.2, 0.25) is 5.02 Å². The number of nitrogens with zero attached hydrogens (tertiary/aromatic N) is 3. The monoisotopic (exact) mass is 357 g/mol. The van der Waals surface area contributed by atoms with Crippen molar-refractivity contribution in [2.24, 2.45) is 0 Å². The lowest BCUT2D eigenvalue weighted by Crippen LogP contribution is -2.23. The SMILES string of the molecule is O=c1c(=Cc2ccccc2Cl)sc2nc(-c3ccc(F)cc3)nn12. The van der Waals surface area contributed by atoms with Crippen molar-refractivity contribution in [3.63, 3.8) is 0 Å². The van der Waals surface area contributed by atoms with E-state index in [4.69, 9.17) is 11.6 Å². The maximum Gasteiger partial charge on any atom is 0.291 e. The molecule has 4 aromatic rings. The molecule has 2 aromatic carbocycles. The van der Waals surface area contributed by atoms with E-state index in [0.717, 1.165) is 5.56 Å². The van der Waals surface area contributed by atoms with Gasteiger partial charge in [0.05, 0.1) is 4.53 Å². The molecule has 2 heterocycles. The predicted octanol–water partition coefficient (Wildman–Crippen LogP) is 3.16. The van der Waals surface area contributed by atoms with Crippen molar-refractivity contribution in [1.82, 2.24) is 14.6 Å². The average Bonchev–Trinajstić information content (AvgIpc) is 3.11. The van der Waals surface area contributed by atoms with Crippen molar-refractivity contribution in [2.45, 2.75) is 0 Å². The lowest BCUT2D eigenvalue weighted by molar-refractivity contribution is 0.628. The number of aromatic nitrogens is 3. The number of hydrogen-bond donors (Lipinski definition) is 0. The molecule has 2 aromatic heterocycles. The third-order valence-corrected chi connectivity index (χ3v) is 4.78. The van der Waals surface area contributed by atoms with Crippen molar-refractivity contribution >= 4 is 34.0 Å². The van der Waals surface area contributed by atoms with Crippen LogP contribution in [0, 0.1) is 5.82 Å². The van der Waals surface area contributed by atoms with Crippen LogP contribution in [-0.2, 0) is 0 Å². The van der Waals surface area contributed by atoms with E-state index in [1.165, 1.54) is 28.0 Å². The van der Waals surface area contributed by atoms with Crippen LogP contribution in [0.4, 0.5) is 4.39 Å². The smallest absolute Gasteiger partial charge is 0.266 e. The highest BCUT2D eigenvalue weighted by Gasteiger charge is 2.12. The highest BCUT2D eigenvalue weighted by molar-refractivity contribution is 7.15. The molecule has 0 aliphatic heterocycles. The van der Waals surface area contributed by atoms with Crippen molar-refractivity contribution < 1.29 is 4.39 Å². The Morgan fingerprint density at radius 3 is 2.58 bits per heavy atom. The predicted molar refractivity (Wildman–Crippen MR) is 92.8 cm³/mol. The summed E-state index contributed by atoms with van der Waals surface area (Å²) < 4.78 is 14.8. The second kappa shape index (κ2) is 5.81. The molecule has 118 valence electrons. The lowest BCUT2D eigenvalue weighted by atomic mass is 10.2. The second-order valence-electron chi connectivity index (χ2n) is 5.07. The van der Waals surface area contributed by atoms with E-state index in [9.17, 15) is 9.18 Å². The largest absolute Gasteiger partial charge is 0.291 e. The second-order valence-corrected chi connectivity index (χ2v) is 6.49. The molecule has 4 rings (SSSR count). The van der Waals surface area contributed by atoms with E-state index < -0.39 is 0 Å². The van der Waals surface area contributed by atoms with Gasteiger partial charge < -0.3 is 0 Å². The summed E-state index contributed by atoms with van der Waals surface area (Å²) in [5, 5.41) is 4.80. The van der Waals surface area contributed by atoms with Gasteiger partial charge in [0.1, 0.15) is 5.82 Å². The van der Waals surface area contributed by atoms with Crippen molar-refractivity contribution in [3.05, 3.63) is 79.8 Å². The molecule has 0 radical (unpaired) electrons. The molecule has 0 aliphatic carbocycles. The van der Waals surface area contributed by atoms with Crippen LogP contribution in [0.3, 0.4) is 0 Å². The zero-order valence-corrected chi connectivity index (χ0v) is 13.7. The summed E-state index contributed by atoms with van der Waals surface area (Å²) in [5.74, 6) is 0.0588. The van der Waals surface area contributed by atoms with Crippen LogP contribution in [0.1, 0.15) is 5.56 Å². The maximum atomic E-state index is 13.0. The molecule has 7 heteroatoms. The van der Waals surface area contributed by atoms with Gasteiger partial charge in [-0.15, -0.1) is 5.10 Å². The van der Waals surface area contributed by atoms with Crippen molar-refractivity contribution in [3.8, 4) is 11.4 Å². The lowest BCUT2D eigenvalue weighted by Gasteiger charge is -1.94. The molecule has 24 heavy (non-hydrogen) atoms. The van der Waals surface area contributed by atoms with Gasteiger partial charge in [0.15, 0.2) is 5.82 Å². The summed E-state index contributed by atoms with van der Waals surface area (Å²) in [6.07, 6.45) is 1.73. The Morgan fingerprint density at radius 1 is 1.12 bits per heavy atom. The summed E-state index contributed by atoms with van der Waals surface area (Å²) in [7, 11) is 0. The van der Waals surface area contributed by atoms with Gasteiger partial charge in [0.25, 0.3) is 5.56 Å². The molecule has 0 saturated heterocycles. The van der Waals surface area contributed by atoms with E-state index in [1.54, 1.807) is 24.3 Å². The van der Waals surface area contributed by atoms with Gasteiger partial charge in [-0.2, -0.15) is 9.50 Å². The minimum absolute atomic E-state index is 0.254. The molecule has 0 amide bonds. The van der Waals surface area contributed by atoms with Gasteiger partial charge in [-0.25, -0.2) is 4.39 Å². The van der Waals surface area contributed by atoms with Gasteiger partial charge in [-0.05, 0) is 42.0 Å². The first-order chi connectivity index (χ1) is 11.6.